The number of nitrogens with zero attached hydrogens (tertiary/aromatic N) is 2. The molecule has 0 spiro atoms. The van der Waals surface area contributed by atoms with E-state index in [1.54, 1.807) is 61.7 Å². The van der Waals surface area contributed by atoms with Gasteiger partial charge >= 0.3 is 0 Å². The lowest BCUT2D eigenvalue weighted by Gasteiger charge is -2.14. The monoisotopic (exact) mass is 388 g/mol. The third-order valence-electron chi connectivity index (χ3n) is 4.61. The first-order valence-electron chi connectivity index (χ1n) is 8.90. The molecule has 3 aromatic carbocycles. The van der Waals surface area contributed by atoms with Gasteiger partial charge in [0.2, 0.25) is 5.88 Å². The van der Waals surface area contributed by atoms with E-state index in [0.717, 1.165) is 4.57 Å². The summed E-state index contributed by atoms with van der Waals surface area (Å²) in [6.45, 7) is 0. The van der Waals surface area contributed by atoms with Gasteiger partial charge in [-0.25, -0.2) is 8.96 Å². The van der Waals surface area contributed by atoms with Crippen molar-refractivity contribution in [2.24, 2.45) is 4.99 Å². The number of hydrogen-bond donors (Lipinski definition) is 1. The zero-order chi connectivity index (χ0) is 20.4. The standard InChI is InChI=1S/C23H17FN2O3/c1-29-16-12-10-15(11-13-16)25-14-19-17-6-2-3-7-18(17)22(27)26(23(19)28)21-9-5-4-8-20(21)24/h2-14,28H,1H3. The average molecular weight is 388 g/mol. The maximum absolute atomic E-state index is 14.4. The Balaban J connectivity index is 1.94. The number of aromatic hydroxyl groups is 1. The number of hydrogen-bond acceptors (Lipinski definition) is 4. The van der Waals surface area contributed by atoms with Crippen molar-refractivity contribution in [2.75, 3.05) is 7.11 Å². The first-order chi connectivity index (χ1) is 14.1. The van der Waals surface area contributed by atoms with Crippen LogP contribution >= 0.6 is 0 Å². The molecule has 0 fully saturated rings. The van der Waals surface area contributed by atoms with Crippen molar-refractivity contribution in [3.8, 4) is 17.3 Å². The van der Waals surface area contributed by atoms with Crippen molar-refractivity contribution in [1.29, 1.82) is 0 Å². The van der Waals surface area contributed by atoms with E-state index in [1.165, 1.54) is 24.4 Å². The van der Waals surface area contributed by atoms with Crippen LogP contribution in [0.3, 0.4) is 0 Å². The minimum absolute atomic E-state index is 0.0279. The van der Waals surface area contributed by atoms with Crippen LogP contribution in [0.25, 0.3) is 16.5 Å². The van der Waals surface area contributed by atoms with E-state index in [0.29, 0.717) is 27.8 Å². The first kappa shape index (κ1) is 18.4. The Labute approximate surface area is 166 Å². The smallest absolute Gasteiger partial charge is 0.265 e. The normalized spacial score (nSPS) is 11.2. The first-order valence-corrected chi connectivity index (χ1v) is 8.90. The molecule has 6 heteroatoms. The molecule has 5 nitrogen and oxygen atoms in total. The van der Waals surface area contributed by atoms with Gasteiger partial charge in [0.05, 0.1) is 24.0 Å². The second kappa shape index (κ2) is 7.59. The molecule has 0 atom stereocenters. The summed E-state index contributed by atoms with van der Waals surface area (Å²) in [4.78, 5) is 17.4. The lowest BCUT2D eigenvalue weighted by atomic mass is 10.1. The second-order valence-corrected chi connectivity index (χ2v) is 6.33. The summed E-state index contributed by atoms with van der Waals surface area (Å²) in [6.07, 6.45) is 1.47. The fourth-order valence-corrected chi connectivity index (χ4v) is 3.15. The quantitative estimate of drug-likeness (QED) is 0.520. The van der Waals surface area contributed by atoms with Crippen molar-refractivity contribution in [2.45, 2.75) is 0 Å². The number of ether oxygens (including phenoxy) is 1. The van der Waals surface area contributed by atoms with E-state index >= 15 is 0 Å². The van der Waals surface area contributed by atoms with E-state index in [4.69, 9.17) is 4.74 Å². The number of fused-ring (bicyclic) bond motifs is 1. The summed E-state index contributed by atoms with van der Waals surface area (Å²) >= 11 is 0. The number of aromatic nitrogens is 1. The topological polar surface area (TPSA) is 63.8 Å². The molecule has 0 saturated carbocycles. The molecule has 0 aliphatic heterocycles. The summed E-state index contributed by atoms with van der Waals surface area (Å²) in [5.74, 6) is -0.292. The van der Waals surface area contributed by atoms with Gasteiger partial charge in [0, 0.05) is 17.0 Å². The Morgan fingerprint density at radius 2 is 1.62 bits per heavy atom. The van der Waals surface area contributed by atoms with Gasteiger partial charge in [-0.05, 0) is 42.5 Å². The Hall–Kier alpha value is -3.93. The molecular formula is C23H17FN2O3. The molecule has 1 N–H and O–H groups in total. The molecule has 0 radical (unpaired) electrons. The second-order valence-electron chi connectivity index (χ2n) is 6.33. The summed E-state index contributed by atoms with van der Waals surface area (Å²) in [7, 11) is 1.58. The molecule has 144 valence electrons. The van der Waals surface area contributed by atoms with Gasteiger partial charge in [-0.2, -0.15) is 0 Å². The molecule has 0 unspecified atom stereocenters. The molecule has 0 aliphatic carbocycles. The fourth-order valence-electron chi connectivity index (χ4n) is 3.15. The molecule has 4 rings (SSSR count). The van der Waals surface area contributed by atoms with Gasteiger partial charge in [-0.15, -0.1) is 0 Å². The number of rotatable bonds is 4. The van der Waals surface area contributed by atoms with Crippen LogP contribution < -0.4 is 10.3 Å². The molecular weight excluding hydrogens is 371 g/mol. The third-order valence-corrected chi connectivity index (χ3v) is 4.61. The lowest BCUT2D eigenvalue weighted by molar-refractivity contribution is 0.415. The van der Waals surface area contributed by atoms with Crippen LogP contribution in [0.1, 0.15) is 5.56 Å². The summed E-state index contributed by atoms with van der Waals surface area (Å²) in [5.41, 5.74) is 0.418. The summed E-state index contributed by atoms with van der Waals surface area (Å²) < 4.78 is 20.5. The predicted molar refractivity (Wildman–Crippen MR) is 111 cm³/mol. The van der Waals surface area contributed by atoms with Crippen LogP contribution in [0.2, 0.25) is 0 Å². The van der Waals surface area contributed by atoms with E-state index in [2.05, 4.69) is 4.99 Å². The Kier molecular flexibility index (Phi) is 4.83. The van der Waals surface area contributed by atoms with Crippen LogP contribution in [0.15, 0.2) is 82.6 Å². The largest absolute Gasteiger partial charge is 0.497 e. The zero-order valence-electron chi connectivity index (χ0n) is 15.5. The Morgan fingerprint density at radius 1 is 0.966 bits per heavy atom. The van der Waals surface area contributed by atoms with E-state index < -0.39 is 11.4 Å². The molecule has 0 bridgehead atoms. The molecule has 0 aliphatic rings. The van der Waals surface area contributed by atoms with Crippen LogP contribution in [-0.2, 0) is 0 Å². The van der Waals surface area contributed by atoms with Crippen LogP contribution in [0.4, 0.5) is 10.1 Å². The minimum atomic E-state index is -0.613. The molecule has 0 amide bonds. The fraction of sp³-hybridized carbons (Fsp3) is 0.0435. The maximum atomic E-state index is 14.4. The van der Waals surface area contributed by atoms with Crippen molar-refractivity contribution < 1.29 is 14.2 Å². The zero-order valence-corrected chi connectivity index (χ0v) is 15.5. The Bertz CT molecular complexity index is 1280. The number of para-hydroxylation sites is 1. The lowest BCUT2D eigenvalue weighted by Crippen LogP contribution is -2.21. The predicted octanol–water partition coefficient (Wildman–Crippen LogP) is 4.59. The van der Waals surface area contributed by atoms with Gasteiger partial charge in [0.15, 0.2) is 0 Å². The van der Waals surface area contributed by atoms with Crippen LogP contribution in [0.5, 0.6) is 11.6 Å². The van der Waals surface area contributed by atoms with E-state index in [1.807, 2.05) is 0 Å². The van der Waals surface area contributed by atoms with E-state index in [-0.39, 0.29) is 11.6 Å². The van der Waals surface area contributed by atoms with E-state index in [9.17, 15) is 14.3 Å². The van der Waals surface area contributed by atoms with Crippen LogP contribution in [-0.4, -0.2) is 23.0 Å². The molecule has 1 aromatic heterocycles. The van der Waals surface area contributed by atoms with Gasteiger partial charge in [0.1, 0.15) is 11.6 Å². The average Bonchev–Trinajstić information content (AvgIpc) is 2.75. The summed E-state index contributed by atoms with van der Waals surface area (Å²) in [6, 6.07) is 19.7. The number of methoxy groups -OCH3 is 1. The maximum Gasteiger partial charge on any atom is 0.265 e. The van der Waals surface area contributed by atoms with Gasteiger partial charge in [0.25, 0.3) is 5.56 Å². The van der Waals surface area contributed by atoms with Gasteiger partial charge in [-0.1, -0.05) is 30.3 Å². The third kappa shape index (κ3) is 3.36. The highest BCUT2D eigenvalue weighted by molar-refractivity contribution is 6.02. The van der Waals surface area contributed by atoms with Crippen molar-refractivity contribution in [3.63, 3.8) is 0 Å². The number of halogens is 1. The number of benzene rings is 3. The highest BCUT2D eigenvalue weighted by atomic mass is 19.1. The number of aliphatic imine (C=N–C) groups is 1. The SMILES string of the molecule is COc1ccc(N=Cc2c(O)n(-c3ccccc3F)c(=O)c3ccccc23)cc1. The highest BCUT2D eigenvalue weighted by Crippen LogP contribution is 2.27. The molecule has 0 saturated heterocycles. The minimum Gasteiger partial charge on any atom is -0.497 e. The Morgan fingerprint density at radius 3 is 2.31 bits per heavy atom. The summed E-state index contributed by atoms with van der Waals surface area (Å²) in [5, 5.41) is 11.8. The molecule has 29 heavy (non-hydrogen) atoms. The van der Waals surface area contributed by atoms with Gasteiger partial charge < -0.3 is 9.84 Å². The number of pyridine rings is 1. The van der Waals surface area contributed by atoms with Crippen LogP contribution in [0, 0.1) is 5.82 Å². The van der Waals surface area contributed by atoms with Gasteiger partial charge in [-0.3, -0.25) is 9.79 Å². The van der Waals surface area contributed by atoms with Crippen molar-refractivity contribution in [3.05, 3.63) is 94.5 Å². The highest BCUT2D eigenvalue weighted by Gasteiger charge is 2.18. The van der Waals surface area contributed by atoms with Crippen molar-refractivity contribution in [1.82, 2.24) is 4.57 Å². The molecule has 1 heterocycles. The van der Waals surface area contributed by atoms with Crippen molar-refractivity contribution >= 4 is 22.7 Å². The molecule has 4 aromatic rings.